The van der Waals surface area contributed by atoms with Gasteiger partial charge in [-0.1, -0.05) is 33.1 Å². The number of hydrogen-bond donors (Lipinski definition) is 0. The van der Waals surface area contributed by atoms with Crippen molar-refractivity contribution in [1.29, 1.82) is 0 Å². The van der Waals surface area contributed by atoms with Gasteiger partial charge in [0.2, 0.25) is 0 Å². The van der Waals surface area contributed by atoms with Gasteiger partial charge in [-0.3, -0.25) is 9.48 Å². The maximum Gasteiger partial charge on any atom is 0.148 e. The molecule has 2 rings (SSSR count). The largest absolute Gasteiger partial charge is 0.298 e. The van der Waals surface area contributed by atoms with Crippen LogP contribution in [0.15, 0.2) is 12.3 Å². The van der Waals surface area contributed by atoms with Gasteiger partial charge in [-0.25, -0.2) is 0 Å². The molecule has 3 nitrogen and oxygen atoms in total. The molecule has 21 heavy (non-hydrogen) atoms. The Balaban J connectivity index is 1.77. The molecule has 0 N–H and O–H groups in total. The molecule has 1 aliphatic carbocycles. The Morgan fingerprint density at radius 2 is 2.05 bits per heavy atom. The highest BCUT2D eigenvalue weighted by molar-refractivity contribution is 8.00. The van der Waals surface area contributed by atoms with Gasteiger partial charge >= 0.3 is 0 Å². The number of ketones is 1. The first-order valence-electron chi connectivity index (χ1n) is 8.40. The molecule has 0 saturated heterocycles. The second-order valence-corrected chi connectivity index (χ2v) is 7.33. The molecule has 0 bridgehead atoms. The summed E-state index contributed by atoms with van der Waals surface area (Å²) in [5.41, 5.74) is 0.927. The Morgan fingerprint density at radius 1 is 1.33 bits per heavy atom. The van der Waals surface area contributed by atoms with E-state index in [-0.39, 0.29) is 0 Å². The van der Waals surface area contributed by atoms with Gasteiger partial charge in [-0.2, -0.15) is 16.9 Å². The zero-order valence-corrected chi connectivity index (χ0v) is 14.2. The van der Waals surface area contributed by atoms with Crippen LogP contribution in [0.2, 0.25) is 0 Å². The van der Waals surface area contributed by atoms with Crippen LogP contribution < -0.4 is 0 Å². The van der Waals surface area contributed by atoms with E-state index in [1.165, 1.54) is 32.1 Å². The highest BCUT2D eigenvalue weighted by Gasteiger charge is 2.16. The number of Topliss-reactive ketones (excluding diaryl/α,β-unsaturated/α-hetero) is 1. The van der Waals surface area contributed by atoms with Crippen LogP contribution in [0.3, 0.4) is 0 Å². The fraction of sp³-hybridized carbons (Fsp3) is 0.765. The highest BCUT2D eigenvalue weighted by Crippen LogP contribution is 2.28. The van der Waals surface area contributed by atoms with Gasteiger partial charge in [0, 0.05) is 11.4 Å². The number of carbonyl (C=O) groups excluding carboxylic acids is 1. The van der Waals surface area contributed by atoms with Crippen LogP contribution in [-0.4, -0.2) is 26.6 Å². The molecular formula is C17H28N2OS. The van der Waals surface area contributed by atoms with Gasteiger partial charge in [-0.05, 0) is 31.7 Å². The molecule has 0 spiro atoms. The van der Waals surface area contributed by atoms with Gasteiger partial charge in [0.25, 0.3) is 0 Å². The standard InChI is InChI=1S/C17H28N2OS/c1-3-15(4-2)19-11-10-14(18-19)12-16(20)13-21-17-8-6-5-7-9-17/h10-11,15,17H,3-9,12-13H2,1-2H3. The fourth-order valence-electron chi connectivity index (χ4n) is 3.03. The van der Waals surface area contributed by atoms with E-state index in [1.54, 1.807) is 0 Å². The summed E-state index contributed by atoms with van der Waals surface area (Å²) in [5.74, 6) is 0.975. The summed E-state index contributed by atoms with van der Waals surface area (Å²) in [5, 5.41) is 5.29. The zero-order chi connectivity index (χ0) is 15.1. The van der Waals surface area contributed by atoms with E-state index in [0.29, 0.717) is 29.2 Å². The number of rotatable bonds is 8. The maximum atomic E-state index is 12.1. The van der Waals surface area contributed by atoms with Crippen LogP contribution in [0, 0.1) is 0 Å². The average molecular weight is 308 g/mol. The number of aromatic nitrogens is 2. The van der Waals surface area contributed by atoms with E-state index in [4.69, 9.17) is 0 Å². The molecule has 118 valence electrons. The molecule has 1 fully saturated rings. The van der Waals surface area contributed by atoms with Gasteiger partial charge in [0.15, 0.2) is 0 Å². The van der Waals surface area contributed by atoms with E-state index in [1.807, 2.05) is 28.7 Å². The summed E-state index contributed by atoms with van der Waals surface area (Å²) in [6, 6.07) is 2.46. The number of carbonyl (C=O) groups is 1. The van der Waals surface area contributed by atoms with Gasteiger partial charge in [0.1, 0.15) is 5.78 Å². The van der Waals surface area contributed by atoms with Crippen LogP contribution in [0.25, 0.3) is 0 Å². The Kier molecular flexibility index (Phi) is 6.81. The third-order valence-electron chi connectivity index (χ3n) is 4.39. The van der Waals surface area contributed by atoms with E-state index in [0.717, 1.165) is 18.5 Å². The molecule has 0 aliphatic heterocycles. The summed E-state index contributed by atoms with van der Waals surface area (Å²) in [6.07, 6.45) is 11.3. The fourth-order valence-corrected chi connectivity index (χ4v) is 4.22. The van der Waals surface area contributed by atoms with Crippen molar-refractivity contribution in [2.24, 2.45) is 0 Å². The van der Waals surface area contributed by atoms with Crippen LogP contribution >= 0.6 is 11.8 Å². The molecule has 0 aromatic carbocycles. The highest BCUT2D eigenvalue weighted by atomic mass is 32.2. The maximum absolute atomic E-state index is 12.1. The Hall–Kier alpha value is -0.770. The molecule has 1 aromatic heterocycles. The third-order valence-corrected chi connectivity index (χ3v) is 5.82. The van der Waals surface area contributed by atoms with Crippen molar-refractivity contribution in [3.8, 4) is 0 Å². The first-order chi connectivity index (χ1) is 10.2. The third kappa shape index (κ3) is 5.17. The molecule has 0 radical (unpaired) electrons. The lowest BCUT2D eigenvalue weighted by Gasteiger charge is -2.20. The van der Waals surface area contributed by atoms with Gasteiger partial charge < -0.3 is 0 Å². The molecule has 0 unspecified atom stereocenters. The normalized spacial score (nSPS) is 16.5. The van der Waals surface area contributed by atoms with Crippen molar-refractivity contribution in [3.05, 3.63) is 18.0 Å². The summed E-state index contributed by atoms with van der Waals surface area (Å²) in [7, 11) is 0. The van der Waals surface area contributed by atoms with Gasteiger partial charge in [-0.15, -0.1) is 0 Å². The smallest absolute Gasteiger partial charge is 0.148 e. The minimum Gasteiger partial charge on any atom is -0.298 e. The van der Waals surface area contributed by atoms with Crippen molar-refractivity contribution in [3.63, 3.8) is 0 Å². The van der Waals surface area contributed by atoms with Crippen molar-refractivity contribution in [2.45, 2.75) is 76.5 Å². The average Bonchev–Trinajstić information content (AvgIpc) is 2.96. The predicted octanol–water partition coefficient (Wildman–Crippen LogP) is 4.42. The van der Waals surface area contributed by atoms with E-state index in [9.17, 15) is 4.79 Å². The SMILES string of the molecule is CCC(CC)n1ccc(CC(=O)CSC2CCCCC2)n1. The lowest BCUT2D eigenvalue weighted by Crippen LogP contribution is -2.14. The molecule has 1 heterocycles. The summed E-state index contributed by atoms with van der Waals surface area (Å²) in [4.78, 5) is 12.1. The minimum atomic E-state index is 0.320. The van der Waals surface area contributed by atoms with Crippen molar-refractivity contribution in [1.82, 2.24) is 9.78 Å². The molecule has 1 aliphatic rings. The minimum absolute atomic E-state index is 0.320. The van der Waals surface area contributed by atoms with E-state index >= 15 is 0 Å². The first-order valence-corrected chi connectivity index (χ1v) is 9.45. The van der Waals surface area contributed by atoms with Gasteiger partial charge in [0.05, 0.1) is 23.9 Å². The molecule has 1 aromatic rings. The monoisotopic (exact) mass is 308 g/mol. The van der Waals surface area contributed by atoms with Crippen molar-refractivity contribution in [2.75, 3.05) is 5.75 Å². The second-order valence-electron chi connectivity index (χ2n) is 6.04. The topological polar surface area (TPSA) is 34.9 Å². The number of nitrogens with zero attached hydrogens (tertiary/aromatic N) is 2. The van der Waals surface area contributed by atoms with Crippen molar-refractivity contribution >= 4 is 17.5 Å². The Labute approximate surface area is 132 Å². The lowest BCUT2D eigenvalue weighted by atomic mass is 10.0. The molecule has 0 amide bonds. The van der Waals surface area contributed by atoms with Crippen LogP contribution in [-0.2, 0) is 11.2 Å². The quantitative estimate of drug-likeness (QED) is 0.713. The second kappa shape index (κ2) is 8.62. The Morgan fingerprint density at radius 3 is 2.71 bits per heavy atom. The van der Waals surface area contributed by atoms with E-state index < -0.39 is 0 Å². The Bertz CT molecular complexity index is 434. The van der Waals surface area contributed by atoms with Crippen LogP contribution in [0.4, 0.5) is 0 Å². The van der Waals surface area contributed by atoms with Crippen LogP contribution in [0.5, 0.6) is 0 Å². The number of thioether (sulfide) groups is 1. The molecule has 1 saturated carbocycles. The zero-order valence-electron chi connectivity index (χ0n) is 13.4. The summed E-state index contributed by atoms with van der Waals surface area (Å²) < 4.78 is 2.02. The number of hydrogen-bond acceptors (Lipinski definition) is 3. The molecule has 0 atom stereocenters. The molecule has 4 heteroatoms. The first kappa shape index (κ1) is 16.6. The summed E-state index contributed by atoms with van der Waals surface area (Å²) in [6.45, 7) is 4.36. The van der Waals surface area contributed by atoms with Crippen LogP contribution in [0.1, 0.15) is 70.5 Å². The summed E-state index contributed by atoms with van der Waals surface area (Å²) >= 11 is 1.86. The lowest BCUT2D eigenvalue weighted by molar-refractivity contribution is -0.116. The van der Waals surface area contributed by atoms with Crippen molar-refractivity contribution < 1.29 is 4.79 Å². The predicted molar refractivity (Wildman–Crippen MR) is 89.9 cm³/mol. The van der Waals surface area contributed by atoms with E-state index in [2.05, 4.69) is 18.9 Å². The molecular weight excluding hydrogens is 280 g/mol.